The Bertz CT molecular complexity index is 607. The molecule has 2 aromatic rings. The van der Waals surface area contributed by atoms with Crippen LogP contribution in [0, 0.1) is 0 Å². The summed E-state index contributed by atoms with van der Waals surface area (Å²) in [6.45, 7) is 2.00. The zero-order chi connectivity index (χ0) is 14.1. The first-order valence-electron chi connectivity index (χ1n) is 6.99. The van der Waals surface area contributed by atoms with Crippen molar-refractivity contribution in [3.05, 3.63) is 59.2 Å². The van der Waals surface area contributed by atoms with E-state index in [9.17, 15) is 5.11 Å². The Labute approximate surface area is 119 Å². The molecular weight excluding hydrogens is 248 g/mol. The van der Waals surface area contributed by atoms with Gasteiger partial charge in [0, 0.05) is 24.7 Å². The van der Waals surface area contributed by atoms with Crippen molar-refractivity contribution in [3.8, 4) is 5.75 Å². The number of rotatable bonds is 1. The molecule has 3 nitrogen and oxygen atoms in total. The highest BCUT2D eigenvalue weighted by atomic mass is 16.3. The molecule has 3 rings (SSSR count). The van der Waals surface area contributed by atoms with Crippen molar-refractivity contribution in [2.45, 2.75) is 12.3 Å². The number of phenols is 1. The molecular formula is C17H20N2O. The zero-order valence-corrected chi connectivity index (χ0v) is 11.7. The molecule has 3 N–H and O–H groups in total. The van der Waals surface area contributed by atoms with Crippen LogP contribution in [0.2, 0.25) is 0 Å². The van der Waals surface area contributed by atoms with Crippen LogP contribution in [0.3, 0.4) is 0 Å². The van der Waals surface area contributed by atoms with Gasteiger partial charge in [0.25, 0.3) is 0 Å². The van der Waals surface area contributed by atoms with Gasteiger partial charge < -0.3 is 15.7 Å². The van der Waals surface area contributed by atoms with Gasteiger partial charge in [-0.3, -0.25) is 0 Å². The van der Waals surface area contributed by atoms with Crippen LogP contribution >= 0.6 is 0 Å². The van der Waals surface area contributed by atoms with Crippen LogP contribution in [0.25, 0.3) is 0 Å². The van der Waals surface area contributed by atoms with Gasteiger partial charge in [-0.25, -0.2) is 0 Å². The molecule has 0 amide bonds. The molecule has 3 heteroatoms. The molecule has 104 valence electrons. The van der Waals surface area contributed by atoms with Crippen molar-refractivity contribution < 1.29 is 5.11 Å². The van der Waals surface area contributed by atoms with Crippen molar-refractivity contribution in [2.75, 3.05) is 25.9 Å². The second kappa shape index (κ2) is 5.17. The van der Waals surface area contributed by atoms with Gasteiger partial charge >= 0.3 is 0 Å². The lowest BCUT2D eigenvalue weighted by molar-refractivity contribution is 0.338. The fraction of sp³-hybridized carbons (Fsp3) is 0.294. The van der Waals surface area contributed by atoms with E-state index in [1.807, 2.05) is 24.3 Å². The molecule has 0 saturated carbocycles. The van der Waals surface area contributed by atoms with Gasteiger partial charge in [-0.1, -0.05) is 18.2 Å². The Morgan fingerprint density at radius 2 is 1.90 bits per heavy atom. The molecule has 0 bridgehead atoms. The highest BCUT2D eigenvalue weighted by Gasteiger charge is 2.23. The van der Waals surface area contributed by atoms with E-state index in [2.05, 4.69) is 24.1 Å². The number of likely N-dealkylation sites (N-methyl/N-ethyl adjacent to an activating group) is 1. The second-order valence-corrected chi connectivity index (χ2v) is 5.61. The number of anilines is 1. The lowest BCUT2D eigenvalue weighted by atomic mass is 9.88. The van der Waals surface area contributed by atoms with E-state index >= 15 is 0 Å². The van der Waals surface area contributed by atoms with Gasteiger partial charge in [-0.05, 0) is 54.4 Å². The second-order valence-electron chi connectivity index (χ2n) is 5.61. The Hall–Kier alpha value is -2.00. The smallest absolute Gasteiger partial charge is 0.115 e. The van der Waals surface area contributed by atoms with Gasteiger partial charge in [0.05, 0.1) is 0 Å². The highest BCUT2D eigenvalue weighted by Crippen LogP contribution is 2.33. The Morgan fingerprint density at radius 3 is 2.65 bits per heavy atom. The van der Waals surface area contributed by atoms with Crippen LogP contribution in [-0.4, -0.2) is 30.1 Å². The molecule has 0 radical (unpaired) electrons. The number of hydrogen-bond donors (Lipinski definition) is 2. The first-order chi connectivity index (χ1) is 9.63. The van der Waals surface area contributed by atoms with E-state index in [0.717, 1.165) is 25.2 Å². The summed E-state index contributed by atoms with van der Waals surface area (Å²) in [5, 5.41) is 9.82. The lowest BCUT2D eigenvalue weighted by Gasteiger charge is -2.22. The minimum atomic E-state index is 0.283. The molecule has 0 saturated heterocycles. The molecule has 0 spiro atoms. The normalized spacial score (nSPS) is 19.4. The summed E-state index contributed by atoms with van der Waals surface area (Å²) in [4.78, 5) is 2.35. The van der Waals surface area contributed by atoms with Crippen molar-refractivity contribution in [1.82, 2.24) is 4.90 Å². The quantitative estimate of drug-likeness (QED) is 0.782. The fourth-order valence-electron chi connectivity index (χ4n) is 2.96. The predicted molar refractivity (Wildman–Crippen MR) is 82.0 cm³/mol. The summed E-state index contributed by atoms with van der Waals surface area (Å²) in [5.74, 6) is 0.624. The Balaban J connectivity index is 2.08. The van der Waals surface area contributed by atoms with Crippen molar-refractivity contribution in [2.24, 2.45) is 0 Å². The van der Waals surface area contributed by atoms with Gasteiger partial charge in [0.15, 0.2) is 0 Å². The minimum absolute atomic E-state index is 0.283. The van der Waals surface area contributed by atoms with Crippen molar-refractivity contribution in [1.29, 1.82) is 0 Å². The average molecular weight is 268 g/mol. The monoisotopic (exact) mass is 268 g/mol. The highest BCUT2D eigenvalue weighted by molar-refractivity contribution is 5.46. The third-order valence-electron chi connectivity index (χ3n) is 4.10. The average Bonchev–Trinajstić information content (AvgIpc) is 2.59. The summed E-state index contributed by atoms with van der Waals surface area (Å²) in [6, 6.07) is 13.8. The number of nitrogens with zero attached hydrogens (tertiary/aromatic N) is 1. The zero-order valence-electron chi connectivity index (χ0n) is 11.7. The maximum atomic E-state index is 9.82. The molecule has 1 heterocycles. The van der Waals surface area contributed by atoms with E-state index in [0.29, 0.717) is 5.75 Å². The van der Waals surface area contributed by atoms with Crippen LogP contribution in [-0.2, 0) is 6.42 Å². The van der Waals surface area contributed by atoms with Gasteiger partial charge in [0.1, 0.15) is 5.75 Å². The minimum Gasteiger partial charge on any atom is -0.508 e. The van der Waals surface area contributed by atoms with Crippen molar-refractivity contribution in [3.63, 3.8) is 0 Å². The maximum absolute atomic E-state index is 9.82. The van der Waals surface area contributed by atoms with E-state index in [1.54, 1.807) is 6.07 Å². The molecule has 1 atom stereocenters. The molecule has 2 aromatic carbocycles. The number of aromatic hydroxyl groups is 1. The number of hydrogen-bond acceptors (Lipinski definition) is 3. The lowest BCUT2D eigenvalue weighted by Crippen LogP contribution is -2.24. The standard InChI is InChI=1S/C17H20N2O/c1-19-9-8-13-4-7-15(20)10-16(13)17(11-19)12-2-5-14(18)6-3-12/h2-7,10,17,20H,8-9,11,18H2,1H3. The molecule has 20 heavy (non-hydrogen) atoms. The van der Waals surface area contributed by atoms with Gasteiger partial charge in [-0.15, -0.1) is 0 Å². The van der Waals surface area contributed by atoms with Crippen LogP contribution < -0.4 is 5.73 Å². The molecule has 0 fully saturated rings. The number of benzene rings is 2. The molecule has 0 aliphatic carbocycles. The molecule has 1 aliphatic rings. The van der Waals surface area contributed by atoms with Crippen LogP contribution in [0.4, 0.5) is 5.69 Å². The fourth-order valence-corrected chi connectivity index (χ4v) is 2.96. The maximum Gasteiger partial charge on any atom is 0.115 e. The number of phenolic OH excluding ortho intramolecular Hbond substituents is 1. The van der Waals surface area contributed by atoms with E-state index in [-0.39, 0.29) is 5.92 Å². The first kappa shape index (κ1) is 13.0. The van der Waals surface area contributed by atoms with E-state index in [1.165, 1.54) is 16.7 Å². The van der Waals surface area contributed by atoms with E-state index < -0.39 is 0 Å². The van der Waals surface area contributed by atoms with Gasteiger partial charge in [-0.2, -0.15) is 0 Å². The van der Waals surface area contributed by atoms with Crippen LogP contribution in [0.1, 0.15) is 22.6 Å². The summed E-state index contributed by atoms with van der Waals surface area (Å²) in [6.07, 6.45) is 1.03. The summed E-state index contributed by atoms with van der Waals surface area (Å²) in [7, 11) is 2.15. The first-order valence-corrected chi connectivity index (χ1v) is 6.99. The van der Waals surface area contributed by atoms with Crippen LogP contribution in [0.5, 0.6) is 5.75 Å². The molecule has 1 aliphatic heterocycles. The Kier molecular flexibility index (Phi) is 3.36. The predicted octanol–water partition coefficient (Wildman–Crippen LogP) is 2.59. The largest absolute Gasteiger partial charge is 0.508 e. The number of nitrogen functional groups attached to an aromatic ring is 1. The number of nitrogens with two attached hydrogens (primary N) is 1. The summed E-state index contributed by atoms with van der Waals surface area (Å²) >= 11 is 0. The number of fused-ring (bicyclic) bond motifs is 1. The SMILES string of the molecule is CN1CCc2ccc(O)cc2C(c2ccc(N)cc2)C1. The van der Waals surface area contributed by atoms with Crippen LogP contribution in [0.15, 0.2) is 42.5 Å². The van der Waals surface area contributed by atoms with E-state index in [4.69, 9.17) is 5.73 Å². The summed E-state index contributed by atoms with van der Waals surface area (Å²) < 4.78 is 0. The Morgan fingerprint density at radius 1 is 1.15 bits per heavy atom. The van der Waals surface area contributed by atoms with Gasteiger partial charge in [0.2, 0.25) is 0 Å². The third-order valence-corrected chi connectivity index (χ3v) is 4.10. The molecule has 0 aromatic heterocycles. The topological polar surface area (TPSA) is 49.5 Å². The summed E-state index contributed by atoms with van der Waals surface area (Å²) in [5.41, 5.74) is 10.4. The third kappa shape index (κ3) is 2.49. The molecule has 1 unspecified atom stereocenters. The van der Waals surface area contributed by atoms with Crippen molar-refractivity contribution >= 4 is 5.69 Å².